The van der Waals surface area contributed by atoms with Crippen LogP contribution in [0.3, 0.4) is 0 Å². The number of benzene rings is 2. The van der Waals surface area contributed by atoms with Gasteiger partial charge in [-0.2, -0.15) is 0 Å². The molecular weight excluding hydrogens is 272 g/mol. The Hall–Kier alpha value is -1.85. The summed E-state index contributed by atoms with van der Waals surface area (Å²) in [4.78, 5) is 0.266. The van der Waals surface area contributed by atoms with Crippen LogP contribution in [0.1, 0.15) is 11.1 Å². The first-order valence-electron chi connectivity index (χ1n) is 6.34. The van der Waals surface area contributed by atoms with Crippen molar-refractivity contribution in [1.82, 2.24) is 5.32 Å². The van der Waals surface area contributed by atoms with Crippen molar-refractivity contribution in [1.29, 1.82) is 0 Å². The van der Waals surface area contributed by atoms with E-state index < -0.39 is 10.0 Å². The molecule has 2 rings (SSSR count). The van der Waals surface area contributed by atoms with Crippen molar-refractivity contribution in [2.45, 2.75) is 18.4 Å². The first-order chi connectivity index (χ1) is 9.51. The quantitative estimate of drug-likeness (QED) is 0.889. The van der Waals surface area contributed by atoms with E-state index in [4.69, 9.17) is 0 Å². The Balaban J connectivity index is 2.24. The first-order valence-corrected chi connectivity index (χ1v) is 7.82. The molecule has 0 aromatic heterocycles. The highest BCUT2D eigenvalue weighted by Crippen LogP contribution is 2.17. The Kier molecular flexibility index (Phi) is 4.42. The molecule has 0 atom stereocenters. The van der Waals surface area contributed by atoms with E-state index in [1.807, 2.05) is 32.2 Å². The summed E-state index contributed by atoms with van der Waals surface area (Å²) in [5.41, 5.74) is 2.62. The van der Waals surface area contributed by atoms with Gasteiger partial charge in [0.2, 0.25) is 0 Å². The molecule has 0 saturated heterocycles. The second-order valence-corrected chi connectivity index (χ2v) is 6.33. The summed E-state index contributed by atoms with van der Waals surface area (Å²) >= 11 is 0. The van der Waals surface area contributed by atoms with Crippen LogP contribution in [0.15, 0.2) is 53.4 Å². The Morgan fingerprint density at radius 2 is 1.75 bits per heavy atom. The maximum absolute atomic E-state index is 12.3. The van der Waals surface area contributed by atoms with Gasteiger partial charge in [0.25, 0.3) is 10.0 Å². The predicted octanol–water partition coefficient (Wildman–Crippen LogP) is 2.52. The van der Waals surface area contributed by atoms with Gasteiger partial charge in [0.15, 0.2) is 0 Å². The van der Waals surface area contributed by atoms with E-state index in [1.54, 1.807) is 30.3 Å². The lowest BCUT2D eigenvalue weighted by atomic mass is 10.2. The highest BCUT2D eigenvalue weighted by Gasteiger charge is 2.13. The van der Waals surface area contributed by atoms with Gasteiger partial charge in [-0.1, -0.05) is 29.8 Å². The lowest BCUT2D eigenvalue weighted by Crippen LogP contribution is -2.13. The van der Waals surface area contributed by atoms with E-state index in [9.17, 15) is 8.42 Å². The van der Waals surface area contributed by atoms with Gasteiger partial charge in [-0.25, -0.2) is 8.42 Å². The minimum Gasteiger partial charge on any atom is -0.316 e. The zero-order valence-electron chi connectivity index (χ0n) is 11.6. The summed E-state index contributed by atoms with van der Waals surface area (Å²) in [6.07, 6.45) is 0. The fraction of sp³-hybridized carbons (Fsp3) is 0.200. The monoisotopic (exact) mass is 290 g/mol. The Morgan fingerprint density at radius 1 is 1.05 bits per heavy atom. The van der Waals surface area contributed by atoms with Crippen LogP contribution >= 0.6 is 0 Å². The topological polar surface area (TPSA) is 58.2 Å². The van der Waals surface area contributed by atoms with Gasteiger partial charge < -0.3 is 5.32 Å². The number of sulfonamides is 1. The molecule has 0 bridgehead atoms. The van der Waals surface area contributed by atoms with Crippen molar-refractivity contribution in [3.63, 3.8) is 0 Å². The van der Waals surface area contributed by atoms with E-state index >= 15 is 0 Å². The Bertz CT molecular complexity index is 679. The van der Waals surface area contributed by atoms with E-state index in [2.05, 4.69) is 10.0 Å². The number of anilines is 1. The zero-order chi connectivity index (χ0) is 14.6. The van der Waals surface area contributed by atoms with Crippen molar-refractivity contribution in [2.24, 2.45) is 0 Å². The Morgan fingerprint density at radius 3 is 2.40 bits per heavy atom. The summed E-state index contributed by atoms with van der Waals surface area (Å²) in [6.45, 7) is 2.62. The molecule has 4 nitrogen and oxygen atoms in total. The zero-order valence-corrected chi connectivity index (χ0v) is 12.4. The van der Waals surface area contributed by atoms with Crippen LogP contribution in [-0.2, 0) is 16.6 Å². The molecule has 0 fully saturated rings. The molecule has 2 N–H and O–H groups in total. The summed E-state index contributed by atoms with van der Waals surface area (Å²) < 4.78 is 27.1. The highest BCUT2D eigenvalue weighted by molar-refractivity contribution is 7.92. The second kappa shape index (κ2) is 6.07. The van der Waals surface area contributed by atoms with Crippen molar-refractivity contribution in [2.75, 3.05) is 11.8 Å². The highest BCUT2D eigenvalue weighted by atomic mass is 32.2. The number of hydrogen-bond acceptors (Lipinski definition) is 3. The van der Waals surface area contributed by atoms with Crippen LogP contribution in [-0.4, -0.2) is 15.5 Å². The average molecular weight is 290 g/mol. The minimum atomic E-state index is -3.53. The van der Waals surface area contributed by atoms with Crippen LogP contribution in [0.4, 0.5) is 5.69 Å². The normalized spacial score (nSPS) is 11.3. The van der Waals surface area contributed by atoms with E-state index in [0.29, 0.717) is 12.2 Å². The number of hydrogen-bond donors (Lipinski definition) is 2. The molecule has 106 valence electrons. The van der Waals surface area contributed by atoms with Crippen LogP contribution in [0.5, 0.6) is 0 Å². The third kappa shape index (κ3) is 3.59. The van der Waals surface area contributed by atoms with Gasteiger partial charge >= 0.3 is 0 Å². The molecular formula is C15H18N2O2S. The molecule has 2 aromatic carbocycles. The van der Waals surface area contributed by atoms with Gasteiger partial charge in [0, 0.05) is 12.2 Å². The predicted molar refractivity (Wildman–Crippen MR) is 81.2 cm³/mol. The minimum absolute atomic E-state index is 0.266. The summed E-state index contributed by atoms with van der Waals surface area (Å²) in [5.74, 6) is 0. The average Bonchev–Trinajstić information content (AvgIpc) is 2.39. The van der Waals surface area contributed by atoms with Gasteiger partial charge in [0.1, 0.15) is 0 Å². The summed E-state index contributed by atoms with van der Waals surface area (Å²) in [5, 5.41) is 3.03. The third-order valence-corrected chi connectivity index (χ3v) is 4.29. The van der Waals surface area contributed by atoms with Crippen molar-refractivity contribution in [3.05, 3.63) is 59.7 Å². The molecule has 0 aliphatic carbocycles. The molecule has 5 heteroatoms. The maximum atomic E-state index is 12.3. The molecule has 0 unspecified atom stereocenters. The van der Waals surface area contributed by atoms with E-state index in [0.717, 1.165) is 11.1 Å². The molecule has 0 spiro atoms. The Labute approximate surface area is 119 Å². The third-order valence-electron chi connectivity index (χ3n) is 2.89. The van der Waals surface area contributed by atoms with Crippen LogP contribution in [0, 0.1) is 6.92 Å². The van der Waals surface area contributed by atoms with E-state index in [-0.39, 0.29) is 4.90 Å². The van der Waals surface area contributed by atoms with Crippen LogP contribution in [0.2, 0.25) is 0 Å². The van der Waals surface area contributed by atoms with Gasteiger partial charge in [0.05, 0.1) is 4.90 Å². The lowest BCUT2D eigenvalue weighted by Gasteiger charge is -2.09. The number of aryl methyl sites for hydroxylation is 1. The molecule has 0 heterocycles. The summed E-state index contributed by atoms with van der Waals surface area (Å²) in [7, 11) is -1.68. The standard InChI is InChI=1S/C15H18N2O2S/c1-12-6-8-15(9-7-12)20(18,19)17-14-5-3-4-13(10-14)11-16-2/h3-10,16-17H,11H2,1-2H3. The fourth-order valence-electron chi connectivity index (χ4n) is 1.88. The molecule has 0 radical (unpaired) electrons. The molecule has 0 amide bonds. The maximum Gasteiger partial charge on any atom is 0.261 e. The molecule has 0 aliphatic heterocycles. The van der Waals surface area contributed by atoms with Gasteiger partial charge in [-0.15, -0.1) is 0 Å². The molecule has 2 aromatic rings. The van der Waals surface area contributed by atoms with Crippen molar-refractivity contribution >= 4 is 15.7 Å². The molecule has 20 heavy (non-hydrogen) atoms. The molecule has 0 aliphatic rings. The van der Waals surface area contributed by atoms with Crippen molar-refractivity contribution < 1.29 is 8.42 Å². The van der Waals surface area contributed by atoms with Crippen LogP contribution in [0.25, 0.3) is 0 Å². The van der Waals surface area contributed by atoms with E-state index in [1.165, 1.54) is 0 Å². The SMILES string of the molecule is CNCc1cccc(NS(=O)(=O)c2ccc(C)cc2)c1. The number of rotatable bonds is 5. The van der Waals surface area contributed by atoms with Crippen molar-refractivity contribution in [3.8, 4) is 0 Å². The largest absolute Gasteiger partial charge is 0.316 e. The fourth-order valence-corrected chi connectivity index (χ4v) is 2.93. The number of nitrogens with one attached hydrogen (secondary N) is 2. The smallest absolute Gasteiger partial charge is 0.261 e. The molecule has 0 saturated carbocycles. The van der Waals surface area contributed by atoms with Gasteiger partial charge in [-0.3, -0.25) is 4.72 Å². The van der Waals surface area contributed by atoms with Gasteiger partial charge in [-0.05, 0) is 43.8 Å². The summed E-state index contributed by atoms with van der Waals surface area (Å²) in [6, 6.07) is 14.1. The lowest BCUT2D eigenvalue weighted by molar-refractivity contribution is 0.601. The first kappa shape index (κ1) is 14.6. The van der Waals surface area contributed by atoms with Crippen LogP contribution < -0.4 is 10.0 Å². The second-order valence-electron chi connectivity index (χ2n) is 4.65.